The van der Waals surface area contributed by atoms with Crippen LogP contribution in [-0.2, 0) is 9.53 Å². The van der Waals surface area contributed by atoms with Crippen LogP contribution in [0.15, 0.2) is 0 Å². The second-order valence-corrected chi connectivity index (χ2v) is 4.43. The fourth-order valence-corrected chi connectivity index (χ4v) is 0.620. The molecule has 0 aliphatic rings. The molecule has 0 spiro atoms. The van der Waals surface area contributed by atoms with Crippen LogP contribution in [-0.4, -0.2) is 43.1 Å². The van der Waals surface area contributed by atoms with Crippen LogP contribution in [0.1, 0.15) is 27.7 Å². The Labute approximate surface area is 104 Å². The molecule has 0 bridgehead atoms. The largest absolute Gasteiger partial charge is 0.444 e. The Morgan fingerprint density at radius 1 is 1.35 bits per heavy atom. The molecule has 0 radical (unpaired) electrons. The first-order chi connectivity index (χ1) is 7.64. The Balaban J connectivity index is 0. The summed E-state index contributed by atoms with van der Waals surface area (Å²) in [5, 5.41) is 2.37. The van der Waals surface area contributed by atoms with Gasteiger partial charge in [-0.15, -0.1) is 12.3 Å². The molecular weight excluding hydrogens is 220 g/mol. The second-order valence-electron chi connectivity index (χ2n) is 4.43. The van der Waals surface area contributed by atoms with Gasteiger partial charge in [-0.1, -0.05) is 0 Å². The smallest absolute Gasteiger partial charge is 0.408 e. The van der Waals surface area contributed by atoms with Crippen molar-refractivity contribution in [2.24, 2.45) is 0 Å². The third kappa shape index (κ3) is 14.3. The molecule has 0 fully saturated rings. The lowest BCUT2D eigenvalue weighted by Crippen LogP contribution is -2.39. The third-order valence-electron chi connectivity index (χ3n) is 1.28. The summed E-state index contributed by atoms with van der Waals surface area (Å²) in [4.78, 5) is 23.6. The molecule has 0 saturated carbocycles. The minimum absolute atomic E-state index is 0.0398. The number of hydrogen-bond acceptors (Lipinski definition) is 3. The summed E-state index contributed by atoms with van der Waals surface area (Å²) in [5.74, 6) is 2.08. The van der Waals surface area contributed by atoms with E-state index >= 15 is 0 Å². The Hall–Kier alpha value is -1.70. The number of rotatable bonds is 2. The van der Waals surface area contributed by atoms with Gasteiger partial charge in [-0.3, -0.25) is 4.79 Å². The third-order valence-corrected chi connectivity index (χ3v) is 1.28. The van der Waals surface area contributed by atoms with Gasteiger partial charge in [-0.25, -0.2) is 4.79 Å². The van der Waals surface area contributed by atoms with Gasteiger partial charge in [0.1, 0.15) is 12.1 Å². The van der Waals surface area contributed by atoms with E-state index in [1.165, 1.54) is 4.90 Å². The lowest BCUT2D eigenvalue weighted by Gasteiger charge is -2.20. The molecule has 0 aliphatic carbocycles. The fourth-order valence-electron chi connectivity index (χ4n) is 0.620. The van der Waals surface area contributed by atoms with Crippen LogP contribution in [0.4, 0.5) is 4.79 Å². The molecule has 0 atom stereocenters. The molecule has 5 nitrogen and oxygen atoms in total. The first-order valence-corrected chi connectivity index (χ1v) is 5.18. The Morgan fingerprint density at radius 3 is 2.06 bits per heavy atom. The zero-order chi connectivity index (χ0) is 14.1. The Morgan fingerprint density at radius 2 is 1.76 bits per heavy atom. The van der Waals surface area contributed by atoms with Crippen LogP contribution in [0, 0.1) is 12.3 Å². The van der Waals surface area contributed by atoms with Crippen molar-refractivity contribution < 1.29 is 14.3 Å². The molecule has 0 rings (SSSR count). The van der Waals surface area contributed by atoms with Crippen LogP contribution in [0.25, 0.3) is 0 Å². The maximum atomic E-state index is 11.1. The summed E-state index contributed by atoms with van der Waals surface area (Å²) in [5.41, 5.74) is -0.536. The van der Waals surface area contributed by atoms with Crippen molar-refractivity contribution in [2.75, 3.05) is 20.6 Å². The van der Waals surface area contributed by atoms with E-state index in [1.54, 1.807) is 41.8 Å². The summed E-state index contributed by atoms with van der Waals surface area (Å²) >= 11 is 0. The number of carbonyl (C=O) groups is 2. The zero-order valence-corrected chi connectivity index (χ0v) is 11.5. The second kappa shape index (κ2) is 8.45. The molecule has 0 heterocycles. The van der Waals surface area contributed by atoms with E-state index in [2.05, 4.69) is 17.7 Å². The summed E-state index contributed by atoms with van der Waals surface area (Å²) in [6, 6.07) is 0. The topological polar surface area (TPSA) is 58.6 Å². The van der Waals surface area contributed by atoms with Crippen LogP contribution in [0.3, 0.4) is 0 Å². The van der Waals surface area contributed by atoms with Gasteiger partial charge in [0.15, 0.2) is 0 Å². The van der Waals surface area contributed by atoms with E-state index < -0.39 is 11.7 Å². The summed E-state index contributed by atoms with van der Waals surface area (Å²) in [6.07, 6.45) is 4.02. The average molecular weight is 242 g/mol. The van der Waals surface area contributed by atoms with Crippen molar-refractivity contribution in [1.82, 2.24) is 10.2 Å². The number of alkyl carbamates (subject to hydrolysis) is 1. The highest BCUT2D eigenvalue weighted by atomic mass is 16.6. The number of terminal acetylenes is 1. The van der Waals surface area contributed by atoms with E-state index in [9.17, 15) is 9.59 Å². The first kappa shape index (κ1) is 17.7. The maximum Gasteiger partial charge on any atom is 0.408 e. The zero-order valence-electron chi connectivity index (χ0n) is 11.5. The van der Waals surface area contributed by atoms with E-state index in [0.29, 0.717) is 0 Å². The number of likely N-dealkylation sites (N-methyl/N-ethyl adjacent to an activating group) is 1. The molecule has 1 N–H and O–H groups in total. The average Bonchev–Trinajstić information content (AvgIpc) is 2.12. The van der Waals surface area contributed by atoms with Gasteiger partial charge in [0.2, 0.25) is 5.91 Å². The maximum absolute atomic E-state index is 11.1. The molecule has 0 aliphatic heterocycles. The minimum Gasteiger partial charge on any atom is -0.444 e. The summed E-state index contributed by atoms with van der Waals surface area (Å²) in [6.45, 7) is 6.91. The summed E-state index contributed by atoms with van der Waals surface area (Å²) in [7, 11) is 3.25. The van der Waals surface area contributed by atoms with Crippen molar-refractivity contribution >= 4 is 12.0 Å². The summed E-state index contributed by atoms with van der Waals surface area (Å²) < 4.78 is 4.95. The number of amides is 2. The number of nitrogens with one attached hydrogen (secondary N) is 1. The van der Waals surface area contributed by atoms with Crippen molar-refractivity contribution in [1.29, 1.82) is 0 Å². The van der Waals surface area contributed by atoms with Crippen LogP contribution in [0.2, 0.25) is 0 Å². The van der Waals surface area contributed by atoms with Gasteiger partial charge in [0, 0.05) is 14.1 Å². The molecule has 0 unspecified atom stereocenters. The van der Waals surface area contributed by atoms with Crippen molar-refractivity contribution in [3.63, 3.8) is 0 Å². The van der Waals surface area contributed by atoms with Crippen LogP contribution in [0.5, 0.6) is 0 Å². The highest BCUT2D eigenvalue weighted by Gasteiger charge is 2.16. The fraction of sp³-hybridized carbons (Fsp3) is 0.667. The molecular formula is C12H22N2O3. The van der Waals surface area contributed by atoms with Gasteiger partial charge in [0.25, 0.3) is 0 Å². The molecule has 0 aromatic heterocycles. The van der Waals surface area contributed by atoms with Crippen molar-refractivity contribution in [3.05, 3.63) is 0 Å². The number of nitrogens with zero attached hydrogens (tertiary/aromatic N) is 1. The predicted molar refractivity (Wildman–Crippen MR) is 67.4 cm³/mol. The predicted octanol–water partition coefficient (Wildman–Crippen LogP) is 1.24. The molecule has 5 heteroatoms. The van der Waals surface area contributed by atoms with Gasteiger partial charge < -0.3 is 15.0 Å². The van der Waals surface area contributed by atoms with Gasteiger partial charge in [-0.2, -0.15) is 0 Å². The van der Waals surface area contributed by atoms with Crippen molar-refractivity contribution in [3.8, 4) is 12.3 Å². The van der Waals surface area contributed by atoms with Crippen molar-refractivity contribution in [2.45, 2.75) is 33.3 Å². The highest BCUT2D eigenvalue weighted by molar-refractivity contribution is 5.81. The van der Waals surface area contributed by atoms with Gasteiger partial charge in [-0.05, 0) is 27.7 Å². The molecule has 98 valence electrons. The number of carbonyl (C=O) groups excluding carboxylic acids is 2. The Bertz CT molecular complexity index is 285. The first-order valence-electron chi connectivity index (χ1n) is 5.18. The number of ether oxygens (including phenoxy) is 1. The monoisotopic (exact) mass is 242 g/mol. The quantitative estimate of drug-likeness (QED) is 0.741. The highest BCUT2D eigenvalue weighted by Crippen LogP contribution is 2.05. The van der Waals surface area contributed by atoms with Gasteiger partial charge >= 0.3 is 6.09 Å². The lowest BCUT2D eigenvalue weighted by molar-refractivity contribution is -0.127. The van der Waals surface area contributed by atoms with Crippen LogP contribution >= 0.6 is 0 Å². The van der Waals surface area contributed by atoms with Crippen LogP contribution < -0.4 is 5.32 Å². The molecule has 0 aromatic rings. The van der Waals surface area contributed by atoms with Gasteiger partial charge in [0.05, 0.1) is 0 Å². The van der Waals surface area contributed by atoms with E-state index in [4.69, 9.17) is 4.74 Å². The number of hydrogen-bond donors (Lipinski definition) is 1. The van der Waals surface area contributed by atoms with E-state index in [1.807, 2.05) is 0 Å². The molecule has 0 saturated heterocycles. The minimum atomic E-state index is -0.576. The molecule has 17 heavy (non-hydrogen) atoms. The van der Waals surface area contributed by atoms with E-state index in [0.717, 1.165) is 0 Å². The molecule has 2 amide bonds. The molecule has 0 aromatic carbocycles. The SMILES string of the molecule is C#CC.CN(C)C(=O)CNC(=O)OC(C)(C)C. The lowest BCUT2D eigenvalue weighted by atomic mass is 10.2. The standard InChI is InChI=1S/C9H18N2O3.C3H4/c1-9(2,3)14-8(13)10-6-7(12)11(4)5;1-3-2/h6H2,1-5H3,(H,10,13);1H,2H3. The van der Waals surface area contributed by atoms with E-state index in [-0.39, 0.29) is 12.5 Å². The normalized spacial score (nSPS) is 9.24. The Kier molecular flexibility index (Phi) is 8.79.